The first-order valence-corrected chi connectivity index (χ1v) is 13.9. The number of nitrogens with zero attached hydrogens (tertiary/aromatic N) is 1. The molecule has 206 valence electrons. The van der Waals surface area contributed by atoms with Gasteiger partial charge < -0.3 is 25.0 Å². The van der Waals surface area contributed by atoms with Crippen LogP contribution in [-0.2, 0) is 16.1 Å². The van der Waals surface area contributed by atoms with E-state index in [1.54, 1.807) is 12.1 Å². The molecule has 9 heteroatoms. The van der Waals surface area contributed by atoms with E-state index in [-0.39, 0.29) is 30.4 Å². The zero-order chi connectivity index (χ0) is 28.0. The third-order valence-corrected chi connectivity index (χ3v) is 8.06. The maximum atomic E-state index is 13.8. The van der Waals surface area contributed by atoms with Crippen LogP contribution in [0.5, 0.6) is 11.5 Å². The maximum absolute atomic E-state index is 13.8. The Kier molecular flexibility index (Phi) is 6.88. The Balaban J connectivity index is 1.39. The molecule has 2 N–H and O–H groups in total. The number of hydrogen-bond donors (Lipinski definition) is 2. The van der Waals surface area contributed by atoms with Crippen molar-refractivity contribution in [1.29, 1.82) is 0 Å². The van der Waals surface area contributed by atoms with E-state index in [9.17, 15) is 9.59 Å². The van der Waals surface area contributed by atoms with E-state index in [4.69, 9.17) is 32.7 Å². The first kappa shape index (κ1) is 26.5. The minimum Gasteiger partial charge on any atom is -0.454 e. The molecule has 0 fully saturated rings. The van der Waals surface area contributed by atoms with E-state index in [1.165, 1.54) is 0 Å². The van der Waals surface area contributed by atoms with Crippen LogP contribution < -0.4 is 25.0 Å². The number of Topliss-reactive ketones (excluding diaryl/α,β-unsaturated/α-hetero) is 1. The van der Waals surface area contributed by atoms with Gasteiger partial charge in [0.25, 0.3) is 0 Å². The van der Waals surface area contributed by atoms with Crippen LogP contribution in [0.1, 0.15) is 43.9 Å². The third kappa shape index (κ3) is 5.11. The number of amides is 1. The lowest BCUT2D eigenvalue weighted by molar-refractivity contribution is -0.120. The van der Waals surface area contributed by atoms with Crippen molar-refractivity contribution in [2.45, 2.75) is 39.3 Å². The summed E-state index contributed by atoms with van der Waals surface area (Å²) in [5, 5.41) is 7.52. The normalized spacial score (nSPS) is 18.9. The Labute approximate surface area is 243 Å². The first-order valence-electron chi connectivity index (χ1n) is 13.2. The lowest BCUT2D eigenvalue weighted by Gasteiger charge is -2.38. The highest BCUT2D eigenvalue weighted by Gasteiger charge is 2.42. The van der Waals surface area contributed by atoms with E-state index in [1.807, 2.05) is 53.4 Å². The van der Waals surface area contributed by atoms with Crippen molar-refractivity contribution in [2.24, 2.45) is 5.41 Å². The molecule has 2 aliphatic heterocycles. The number of carbonyl (C=O) groups is 2. The third-order valence-electron chi connectivity index (χ3n) is 7.50. The van der Waals surface area contributed by atoms with Crippen molar-refractivity contribution in [3.63, 3.8) is 0 Å². The highest BCUT2D eigenvalue weighted by atomic mass is 35.5. The molecule has 0 radical (unpaired) electrons. The molecule has 7 nitrogen and oxygen atoms in total. The summed E-state index contributed by atoms with van der Waals surface area (Å²) in [7, 11) is 0. The Morgan fingerprint density at radius 2 is 1.85 bits per heavy atom. The number of ketones is 1. The first-order chi connectivity index (χ1) is 19.2. The summed E-state index contributed by atoms with van der Waals surface area (Å²) in [4.78, 5) is 29.3. The molecule has 0 spiro atoms. The minimum atomic E-state index is -0.587. The van der Waals surface area contributed by atoms with Gasteiger partial charge in [-0.2, -0.15) is 0 Å². The van der Waals surface area contributed by atoms with Crippen LogP contribution in [0.3, 0.4) is 0 Å². The summed E-state index contributed by atoms with van der Waals surface area (Å²) >= 11 is 13.0. The van der Waals surface area contributed by atoms with E-state index in [0.717, 1.165) is 22.6 Å². The fraction of sp³-hybridized carbons (Fsp3) is 0.290. The number of para-hydroxylation sites is 2. The molecule has 1 atom stereocenters. The molecule has 40 heavy (non-hydrogen) atoms. The average Bonchev–Trinajstić information content (AvgIpc) is 3.32. The number of halogens is 2. The number of anilines is 2. The average molecular weight is 578 g/mol. The number of nitrogens with one attached hydrogen (secondary N) is 2. The van der Waals surface area contributed by atoms with Crippen LogP contribution in [0.25, 0.3) is 0 Å². The van der Waals surface area contributed by atoms with Crippen molar-refractivity contribution in [3.05, 3.63) is 93.1 Å². The smallest absolute Gasteiger partial charge is 0.239 e. The molecule has 3 aliphatic rings. The molecule has 6 rings (SSSR count). The molecule has 3 aromatic carbocycles. The van der Waals surface area contributed by atoms with Crippen molar-refractivity contribution in [3.8, 4) is 11.5 Å². The Hall–Kier alpha value is -3.68. The quantitative estimate of drug-likeness (QED) is 0.353. The molecular formula is C31H29Cl2N3O4. The maximum Gasteiger partial charge on any atom is 0.239 e. The van der Waals surface area contributed by atoms with Gasteiger partial charge in [-0.3, -0.25) is 9.59 Å². The monoisotopic (exact) mass is 577 g/mol. The molecule has 1 unspecified atom stereocenters. The molecule has 0 saturated heterocycles. The Morgan fingerprint density at radius 1 is 1.05 bits per heavy atom. The van der Waals surface area contributed by atoms with Gasteiger partial charge >= 0.3 is 0 Å². The van der Waals surface area contributed by atoms with Crippen molar-refractivity contribution in [1.82, 2.24) is 5.32 Å². The van der Waals surface area contributed by atoms with Gasteiger partial charge in [0.2, 0.25) is 12.7 Å². The summed E-state index contributed by atoms with van der Waals surface area (Å²) in [6.07, 6.45) is 1.09. The molecule has 0 bridgehead atoms. The lowest BCUT2D eigenvalue weighted by Crippen LogP contribution is -2.42. The molecule has 0 saturated carbocycles. The topological polar surface area (TPSA) is 79.9 Å². The van der Waals surface area contributed by atoms with Crippen molar-refractivity contribution >= 4 is 46.3 Å². The van der Waals surface area contributed by atoms with Gasteiger partial charge in [-0.25, -0.2) is 0 Å². The number of fused-ring (bicyclic) bond motifs is 2. The highest BCUT2D eigenvalue weighted by molar-refractivity contribution is 6.35. The number of allylic oxidation sites excluding steroid dienone is 1. The summed E-state index contributed by atoms with van der Waals surface area (Å²) in [5.74, 6) is 1.19. The SMILES string of the molecule is CC1(C)CC(=O)C2=C(C1)Nc1ccccc1N(CC(=O)NCc1ccc3c(c1)OCO3)C2c1ccc(Cl)cc1Cl. The second kappa shape index (κ2) is 10.4. The second-order valence-electron chi connectivity index (χ2n) is 11.1. The number of benzene rings is 3. The van der Waals surface area contributed by atoms with Gasteiger partial charge in [0.05, 0.1) is 24.0 Å². The molecule has 3 aromatic rings. The van der Waals surface area contributed by atoms with E-state index >= 15 is 0 Å². The van der Waals surface area contributed by atoms with Crippen LogP contribution in [0.2, 0.25) is 10.0 Å². The predicted molar refractivity (Wildman–Crippen MR) is 156 cm³/mol. The number of hydrogen-bond acceptors (Lipinski definition) is 6. The van der Waals surface area contributed by atoms with Crippen LogP contribution >= 0.6 is 23.2 Å². The summed E-state index contributed by atoms with van der Waals surface area (Å²) in [6.45, 7) is 4.70. The van der Waals surface area contributed by atoms with Crippen molar-refractivity contribution < 1.29 is 19.1 Å². The minimum absolute atomic E-state index is 0.000317. The zero-order valence-corrected chi connectivity index (χ0v) is 23.7. The van der Waals surface area contributed by atoms with Gasteiger partial charge in [-0.05, 0) is 59.4 Å². The Morgan fingerprint density at radius 3 is 2.67 bits per heavy atom. The summed E-state index contributed by atoms with van der Waals surface area (Å²) in [6, 6.07) is 18.1. The molecule has 1 amide bonds. The van der Waals surface area contributed by atoms with Gasteiger partial charge in [0, 0.05) is 34.3 Å². The molecule has 2 heterocycles. The van der Waals surface area contributed by atoms with Gasteiger partial charge in [-0.15, -0.1) is 0 Å². The fourth-order valence-corrected chi connectivity index (χ4v) is 6.25. The van der Waals surface area contributed by atoms with Gasteiger partial charge in [0.1, 0.15) is 0 Å². The van der Waals surface area contributed by atoms with E-state index in [2.05, 4.69) is 24.5 Å². The van der Waals surface area contributed by atoms with Gasteiger partial charge in [0.15, 0.2) is 17.3 Å². The Bertz CT molecular complexity index is 1550. The summed E-state index contributed by atoms with van der Waals surface area (Å²) in [5.41, 5.74) is 4.52. The number of carbonyl (C=O) groups excluding carboxylic acids is 2. The largest absolute Gasteiger partial charge is 0.454 e. The van der Waals surface area contributed by atoms with Crippen LogP contribution in [0.15, 0.2) is 71.9 Å². The summed E-state index contributed by atoms with van der Waals surface area (Å²) < 4.78 is 10.9. The van der Waals surface area contributed by atoms with Crippen LogP contribution in [-0.4, -0.2) is 25.0 Å². The lowest BCUT2D eigenvalue weighted by atomic mass is 9.73. The van der Waals surface area contributed by atoms with E-state index in [0.29, 0.717) is 52.1 Å². The molecular weight excluding hydrogens is 549 g/mol. The fourth-order valence-electron chi connectivity index (χ4n) is 5.74. The van der Waals surface area contributed by atoms with Gasteiger partial charge in [-0.1, -0.05) is 61.3 Å². The second-order valence-corrected chi connectivity index (χ2v) is 12.0. The van der Waals surface area contributed by atoms with Crippen LogP contribution in [0, 0.1) is 5.41 Å². The van der Waals surface area contributed by atoms with E-state index < -0.39 is 6.04 Å². The van der Waals surface area contributed by atoms with Crippen molar-refractivity contribution in [2.75, 3.05) is 23.6 Å². The number of rotatable bonds is 5. The highest BCUT2D eigenvalue weighted by Crippen LogP contribution is 2.49. The predicted octanol–water partition coefficient (Wildman–Crippen LogP) is 6.65. The molecule has 0 aromatic heterocycles. The standard InChI is InChI=1S/C31H29Cl2N3O4/c1-31(2)13-23-29(25(37)14-31)30(20-9-8-19(32)12-21(20)33)36(24-6-4-3-5-22(24)35-23)16-28(38)34-15-18-7-10-26-27(11-18)40-17-39-26/h3-12,30,35H,13-17H2,1-2H3,(H,34,38). The van der Waals surface area contributed by atoms with Crippen LogP contribution in [0.4, 0.5) is 11.4 Å². The number of ether oxygens (including phenoxy) is 2. The zero-order valence-electron chi connectivity index (χ0n) is 22.2. The molecule has 1 aliphatic carbocycles.